The summed E-state index contributed by atoms with van der Waals surface area (Å²) in [5.41, 5.74) is 3.09. The number of nitrogens with zero attached hydrogens (tertiary/aromatic N) is 1. The largest absolute Gasteiger partial charge is 0.376 e. The molecule has 0 radical (unpaired) electrons. The molecule has 1 fully saturated rings. The molecular weight excluding hydrogens is 408 g/mol. The fourth-order valence-corrected chi connectivity index (χ4v) is 4.02. The first-order valence-electron chi connectivity index (χ1n) is 10.9. The predicted octanol–water partition coefficient (Wildman–Crippen LogP) is 2.45. The Morgan fingerprint density at radius 3 is 2.66 bits per heavy atom. The van der Waals surface area contributed by atoms with Crippen LogP contribution in [0.4, 0.5) is 17.1 Å². The summed E-state index contributed by atoms with van der Waals surface area (Å²) in [6.07, 6.45) is 1.88. The number of anilines is 3. The number of hydrogen-bond donors (Lipinski definition) is 3. The fraction of sp³-hybridized carbons (Fsp3) is 0.375. The van der Waals surface area contributed by atoms with Gasteiger partial charge in [0.2, 0.25) is 17.7 Å². The zero-order valence-electron chi connectivity index (χ0n) is 18.1. The Balaban J connectivity index is 1.46. The third-order valence-corrected chi connectivity index (χ3v) is 5.73. The minimum Gasteiger partial charge on any atom is -0.376 e. The summed E-state index contributed by atoms with van der Waals surface area (Å²) >= 11 is 0. The van der Waals surface area contributed by atoms with Gasteiger partial charge in [0.1, 0.15) is 6.04 Å². The summed E-state index contributed by atoms with van der Waals surface area (Å²) in [7, 11) is 0. The van der Waals surface area contributed by atoms with Crippen LogP contribution in [0, 0.1) is 6.92 Å². The minimum atomic E-state index is -0.802. The number of hydrogen-bond acceptors (Lipinski definition) is 5. The molecule has 2 aliphatic rings. The van der Waals surface area contributed by atoms with Crippen molar-refractivity contribution in [2.24, 2.45) is 0 Å². The highest BCUT2D eigenvalue weighted by molar-refractivity contribution is 6.07. The summed E-state index contributed by atoms with van der Waals surface area (Å²) in [6.45, 7) is 3.11. The molecule has 0 unspecified atom stereocenters. The maximum Gasteiger partial charge on any atom is 0.247 e. The molecular formula is C24H28N4O4. The summed E-state index contributed by atoms with van der Waals surface area (Å²) in [5.74, 6) is -0.818. The minimum absolute atomic E-state index is 0.0281. The van der Waals surface area contributed by atoms with Gasteiger partial charge in [0, 0.05) is 18.8 Å². The van der Waals surface area contributed by atoms with E-state index >= 15 is 0 Å². The number of aryl methyl sites for hydroxylation is 1. The number of carbonyl (C=O) groups excluding carboxylic acids is 3. The Morgan fingerprint density at radius 1 is 1.12 bits per heavy atom. The van der Waals surface area contributed by atoms with Gasteiger partial charge in [0.15, 0.2) is 0 Å². The van der Waals surface area contributed by atoms with E-state index in [9.17, 15) is 14.4 Å². The predicted molar refractivity (Wildman–Crippen MR) is 123 cm³/mol. The third kappa shape index (κ3) is 5.26. The third-order valence-electron chi connectivity index (χ3n) is 5.73. The molecule has 0 aliphatic carbocycles. The van der Waals surface area contributed by atoms with Crippen molar-refractivity contribution in [1.82, 2.24) is 5.32 Å². The van der Waals surface area contributed by atoms with Crippen LogP contribution in [-0.4, -0.2) is 49.6 Å². The molecule has 8 nitrogen and oxygen atoms in total. The number of benzene rings is 2. The van der Waals surface area contributed by atoms with Crippen molar-refractivity contribution in [1.29, 1.82) is 0 Å². The molecule has 4 rings (SSSR count). The van der Waals surface area contributed by atoms with Crippen molar-refractivity contribution >= 4 is 34.8 Å². The topological polar surface area (TPSA) is 99.8 Å². The molecule has 0 saturated carbocycles. The zero-order valence-corrected chi connectivity index (χ0v) is 18.1. The van der Waals surface area contributed by atoms with Crippen LogP contribution >= 0.6 is 0 Å². The van der Waals surface area contributed by atoms with Crippen molar-refractivity contribution < 1.29 is 19.1 Å². The molecule has 2 aromatic rings. The average Bonchev–Trinajstić information content (AvgIpc) is 3.30. The lowest BCUT2D eigenvalue weighted by molar-refractivity contribution is -0.123. The summed E-state index contributed by atoms with van der Waals surface area (Å²) in [5, 5.41) is 8.59. The van der Waals surface area contributed by atoms with E-state index < -0.39 is 6.04 Å². The molecule has 1 saturated heterocycles. The molecule has 8 heteroatoms. The van der Waals surface area contributed by atoms with Gasteiger partial charge in [-0.25, -0.2) is 0 Å². The standard InChI is InChI=1S/C24H28N4O4/c1-16-8-10-17(11-9-16)26-22(29)13-21-24(31)27-19-6-2-3-7-20(19)28(21)15-23(30)25-14-18-5-4-12-32-18/h2-3,6-11,18,21H,4-5,12-15H2,1H3,(H,25,30)(H,26,29)(H,27,31)/t18-,21-/m0/s1. The second-order valence-corrected chi connectivity index (χ2v) is 8.21. The molecule has 0 aromatic heterocycles. The highest BCUT2D eigenvalue weighted by atomic mass is 16.5. The van der Waals surface area contributed by atoms with E-state index in [0.717, 1.165) is 25.0 Å². The lowest BCUT2D eigenvalue weighted by Gasteiger charge is -2.37. The number of para-hydroxylation sites is 2. The van der Waals surface area contributed by atoms with Crippen molar-refractivity contribution in [3.8, 4) is 0 Å². The maximum atomic E-state index is 12.9. The van der Waals surface area contributed by atoms with E-state index in [0.29, 0.717) is 23.6 Å². The Hall–Kier alpha value is -3.39. The fourth-order valence-electron chi connectivity index (χ4n) is 4.02. The van der Waals surface area contributed by atoms with E-state index in [4.69, 9.17) is 4.74 Å². The van der Waals surface area contributed by atoms with E-state index in [1.807, 2.05) is 49.4 Å². The molecule has 2 atom stereocenters. The van der Waals surface area contributed by atoms with Crippen LogP contribution in [0.2, 0.25) is 0 Å². The van der Waals surface area contributed by atoms with Gasteiger partial charge < -0.3 is 25.6 Å². The second kappa shape index (κ2) is 9.82. The quantitative estimate of drug-likeness (QED) is 0.619. The molecule has 2 aromatic carbocycles. The number of fused-ring (bicyclic) bond motifs is 1. The smallest absolute Gasteiger partial charge is 0.247 e. The van der Waals surface area contributed by atoms with Crippen molar-refractivity contribution in [2.75, 3.05) is 35.2 Å². The average molecular weight is 437 g/mol. The molecule has 2 heterocycles. The van der Waals surface area contributed by atoms with Gasteiger partial charge in [0.05, 0.1) is 30.4 Å². The SMILES string of the molecule is Cc1ccc(NC(=O)C[C@H]2C(=O)Nc3ccccc3N2CC(=O)NC[C@@H]2CCCO2)cc1. The lowest BCUT2D eigenvalue weighted by Crippen LogP contribution is -2.53. The van der Waals surface area contributed by atoms with Gasteiger partial charge in [-0.05, 0) is 44.0 Å². The Kier molecular flexibility index (Phi) is 6.70. The van der Waals surface area contributed by atoms with E-state index in [1.165, 1.54) is 0 Å². The highest BCUT2D eigenvalue weighted by Gasteiger charge is 2.35. The van der Waals surface area contributed by atoms with Crippen LogP contribution in [0.3, 0.4) is 0 Å². The first-order valence-corrected chi connectivity index (χ1v) is 10.9. The van der Waals surface area contributed by atoms with Crippen LogP contribution in [0.1, 0.15) is 24.8 Å². The summed E-state index contributed by atoms with van der Waals surface area (Å²) < 4.78 is 5.56. The van der Waals surface area contributed by atoms with Gasteiger partial charge in [-0.2, -0.15) is 0 Å². The van der Waals surface area contributed by atoms with E-state index in [1.54, 1.807) is 11.0 Å². The Bertz CT molecular complexity index is 986. The van der Waals surface area contributed by atoms with Crippen LogP contribution in [0.5, 0.6) is 0 Å². The van der Waals surface area contributed by atoms with Gasteiger partial charge in [-0.1, -0.05) is 29.8 Å². The van der Waals surface area contributed by atoms with Gasteiger partial charge in [-0.15, -0.1) is 0 Å². The number of amides is 3. The summed E-state index contributed by atoms with van der Waals surface area (Å²) in [4.78, 5) is 40.0. The van der Waals surface area contributed by atoms with Crippen molar-refractivity contribution in [3.05, 3.63) is 54.1 Å². The van der Waals surface area contributed by atoms with Crippen LogP contribution in [0.15, 0.2) is 48.5 Å². The van der Waals surface area contributed by atoms with Gasteiger partial charge >= 0.3 is 0 Å². The molecule has 168 valence electrons. The Morgan fingerprint density at radius 2 is 1.91 bits per heavy atom. The second-order valence-electron chi connectivity index (χ2n) is 8.21. The normalized spacial score (nSPS) is 19.8. The van der Waals surface area contributed by atoms with E-state index in [-0.39, 0.29) is 36.8 Å². The van der Waals surface area contributed by atoms with Gasteiger partial charge in [0.25, 0.3) is 0 Å². The monoisotopic (exact) mass is 436 g/mol. The molecule has 2 aliphatic heterocycles. The molecule has 3 amide bonds. The van der Waals surface area contributed by atoms with Crippen molar-refractivity contribution in [2.45, 2.75) is 38.3 Å². The number of rotatable bonds is 7. The highest BCUT2D eigenvalue weighted by Crippen LogP contribution is 2.32. The number of nitrogens with one attached hydrogen (secondary N) is 3. The van der Waals surface area contributed by atoms with Crippen LogP contribution < -0.4 is 20.9 Å². The number of carbonyl (C=O) groups is 3. The Labute approximate surface area is 187 Å². The van der Waals surface area contributed by atoms with Gasteiger partial charge in [-0.3, -0.25) is 14.4 Å². The first kappa shape index (κ1) is 21.8. The molecule has 0 bridgehead atoms. The van der Waals surface area contributed by atoms with Crippen LogP contribution in [-0.2, 0) is 19.1 Å². The van der Waals surface area contributed by atoms with Crippen LogP contribution in [0.25, 0.3) is 0 Å². The number of ether oxygens (including phenoxy) is 1. The lowest BCUT2D eigenvalue weighted by atomic mass is 10.0. The molecule has 0 spiro atoms. The zero-order chi connectivity index (χ0) is 22.5. The maximum absolute atomic E-state index is 12.9. The van der Waals surface area contributed by atoms with Crippen molar-refractivity contribution in [3.63, 3.8) is 0 Å². The molecule has 3 N–H and O–H groups in total. The molecule has 32 heavy (non-hydrogen) atoms. The summed E-state index contributed by atoms with van der Waals surface area (Å²) in [6, 6.07) is 13.9. The first-order chi connectivity index (χ1) is 15.5. The van der Waals surface area contributed by atoms with E-state index in [2.05, 4.69) is 16.0 Å².